The van der Waals surface area contributed by atoms with Crippen LogP contribution in [0.4, 0.5) is 11.6 Å². The summed E-state index contributed by atoms with van der Waals surface area (Å²) in [4.78, 5) is 13.2. The Hall–Kier alpha value is -5.06. The molecule has 0 N–H and O–H groups in total. The number of thiophene rings is 1. The zero-order chi connectivity index (χ0) is 32.1. The maximum Gasteiger partial charge on any atom is 0.231 e. The third-order valence-corrected chi connectivity index (χ3v) is 12.2. The Morgan fingerprint density at radius 2 is 1.56 bits per heavy atom. The van der Waals surface area contributed by atoms with E-state index in [-0.39, 0.29) is 17.4 Å². The number of anilines is 2. The van der Waals surface area contributed by atoms with Gasteiger partial charge in [-0.25, -0.2) is 9.97 Å². The summed E-state index contributed by atoms with van der Waals surface area (Å²) in [5, 5.41) is 2.66. The highest BCUT2D eigenvalue weighted by atomic mass is 32.1. The van der Waals surface area contributed by atoms with Gasteiger partial charge in [-0.1, -0.05) is 124 Å². The summed E-state index contributed by atoms with van der Waals surface area (Å²) in [6.07, 6.45) is 14.9. The standard InChI is InChI=1S/C44H35N3S/c1-26-17-21-34-33(23-26)29-19-18-28(24-35(29)44(34,2)3)37-25-36(27-11-5-4-6-12-27)45-43(46-37)47-38-15-9-7-14-32(38)41-39(47)22-20-31-30-13-8-10-16-40(30)48-42(31)41/h4-22,24-26,32,38H,23H2,1-3H3. The second-order valence-electron chi connectivity index (χ2n) is 14.3. The van der Waals surface area contributed by atoms with Crippen molar-refractivity contribution in [2.75, 3.05) is 4.90 Å². The van der Waals surface area contributed by atoms with E-state index in [2.05, 4.69) is 153 Å². The molecule has 3 atom stereocenters. The van der Waals surface area contributed by atoms with Crippen molar-refractivity contribution in [1.82, 2.24) is 9.97 Å². The van der Waals surface area contributed by atoms with Crippen LogP contribution in [-0.2, 0) is 5.41 Å². The van der Waals surface area contributed by atoms with Gasteiger partial charge in [0.15, 0.2) is 0 Å². The van der Waals surface area contributed by atoms with Crippen LogP contribution in [0.1, 0.15) is 49.8 Å². The van der Waals surface area contributed by atoms with Crippen LogP contribution in [0.5, 0.6) is 0 Å². The topological polar surface area (TPSA) is 29.0 Å². The third-order valence-electron chi connectivity index (χ3n) is 11.0. The van der Waals surface area contributed by atoms with E-state index < -0.39 is 0 Å². The Balaban J connectivity index is 1.17. The van der Waals surface area contributed by atoms with Crippen LogP contribution < -0.4 is 4.90 Å². The van der Waals surface area contributed by atoms with Crippen LogP contribution in [0.25, 0.3) is 48.3 Å². The first-order valence-electron chi connectivity index (χ1n) is 17.1. The number of fused-ring (bicyclic) bond motifs is 9. The average molecular weight is 638 g/mol. The van der Waals surface area contributed by atoms with Gasteiger partial charge in [-0.15, -0.1) is 11.3 Å². The minimum absolute atomic E-state index is 0.0502. The smallest absolute Gasteiger partial charge is 0.231 e. The first kappa shape index (κ1) is 28.0. The van der Waals surface area contributed by atoms with E-state index in [0.29, 0.717) is 5.92 Å². The Morgan fingerprint density at radius 1 is 0.771 bits per heavy atom. The minimum Gasteiger partial charge on any atom is -0.302 e. The van der Waals surface area contributed by atoms with Crippen LogP contribution in [0, 0.1) is 5.92 Å². The molecular weight excluding hydrogens is 603 g/mol. The number of nitrogens with zero attached hydrogens (tertiary/aromatic N) is 3. The van der Waals surface area contributed by atoms with Gasteiger partial charge < -0.3 is 4.90 Å². The monoisotopic (exact) mass is 637 g/mol. The van der Waals surface area contributed by atoms with Gasteiger partial charge >= 0.3 is 0 Å². The molecule has 3 unspecified atom stereocenters. The Morgan fingerprint density at radius 3 is 2.44 bits per heavy atom. The van der Waals surface area contributed by atoms with Crippen molar-refractivity contribution in [3.8, 4) is 22.5 Å². The molecule has 0 saturated carbocycles. The molecule has 0 spiro atoms. The molecule has 0 saturated heterocycles. The fraction of sp³-hybridized carbons (Fsp3) is 0.182. The lowest BCUT2D eigenvalue weighted by atomic mass is 9.79. The van der Waals surface area contributed by atoms with Crippen molar-refractivity contribution in [2.45, 2.75) is 44.6 Å². The van der Waals surface area contributed by atoms with Gasteiger partial charge in [0, 0.05) is 53.9 Å². The lowest BCUT2D eigenvalue weighted by Crippen LogP contribution is -2.30. The van der Waals surface area contributed by atoms with E-state index >= 15 is 0 Å². The molecule has 3 heterocycles. The fourth-order valence-electron chi connectivity index (χ4n) is 8.62. The molecule has 6 aromatic rings. The highest BCUT2D eigenvalue weighted by Crippen LogP contribution is 2.54. The maximum atomic E-state index is 5.43. The van der Waals surface area contributed by atoms with Gasteiger partial charge in [-0.05, 0) is 58.9 Å². The summed E-state index contributed by atoms with van der Waals surface area (Å²) in [5.74, 6) is 1.53. The van der Waals surface area contributed by atoms with E-state index in [9.17, 15) is 0 Å². The fourth-order valence-corrected chi connectivity index (χ4v) is 9.91. The highest BCUT2D eigenvalue weighted by molar-refractivity contribution is 7.26. The van der Waals surface area contributed by atoms with Crippen molar-refractivity contribution in [2.24, 2.45) is 5.92 Å². The molecule has 10 rings (SSSR count). The number of benzene rings is 4. The molecule has 1 aliphatic heterocycles. The van der Waals surface area contributed by atoms with Gasteiger partial charge in [-0.2, -0.15) is 0 Å². The van der Waals surface area contributed by atoms with Gasteiger partial charge in [0.05, 0.1) is 17.4 Å². The van der Waals surface area contributed by atoms with Crippen molar-refractivity contribution in [3.63, 3.8) is 0 Å². The van der Waals surface area contributed by atoms with Crippen LogP contribution in [0.3, 0.4) is 0 Å². The lowest BCUT2D eigenvalue weighted by molar-refractivity contribution is 0.643. The highest BCUT2D eigenvalue weighted by Gasteiger charge is 2.41. The van der Waals surface area contributed by atoms with Gasteiger partial charge in [-0.3, -0.25) is 0 Å². The molecule has 0 amide bonds. The summed E-state index contributed by atoms with van der Waals surface area (Å²) in [7, 11) is 0. The third kappa shape index (κ3) is 3.99. The molecule has 0 bridgehead atoms. The van der Waals surface area contributed by atoms with E-state index in [0.717, 1.165) is 34.9 Å². The molecule has 3 aliphatic carbocycles. The van der Waals surface area contributed by atoms with Crippen molar-refractivity contribution in [1.29, 1.82) is 0 Å². The second kappa shape index (κ2) is 10.2. The van der Waals surface area contributed by atoms with Gasteiger partial charge in [0.1, 0.15) is 0 Å². The number of allylic oxidation sites excluding steroid dienone is 6. The van der Waals surface area contributed by atoms with Gasteiger partial charge in [0.2, 0.25) is 5.95 Å². The van der Waals surface area contributed by atoms with Crippen LogP contribution in [-0.4, -0.2) is 16.0 Å². The molecule has 4 aromatic carbocycles. The van der Waals surface area contributed by atoms with Crippen molar-refractivity contribution < 1.29 is 0 Å². The summed E-state index contributed by atoms with van der Waals surface area (Å²) in [6, 6.07) is 33.2. The molecule has 4 aliphatic rings. The first-order chi connectivity index (χ1) is 23.5. The molecule has 4 heteroatoms. The van der Waals surface area contributed by atoms with Crippen molar-refractivity contribution in [3.05, 3.63) is 150 Å². The Kier molecular flexibility index (Phi) is 5.96. The predicted octanol–water partition coefficient (Wildman–Crippen LogP) is 11.5. The molecular formula is C44H35N3S. The molecule has 48 heavy (non-hydrogen) atoms. The summed E-state index contributed by atoms with van der Waals surface area (Å²) < 4.78 is 2.70. The quantitative estimate of drug-likeness (QED) is 0.193. The SMILES string of the molecule is CC1C=CC2=C(C1)c1ccc(-c3cc(-c4ccccc4)nc(N4c5ccc6c(sc7ccccc76)c5C5C=CC=CC54)n3)cc1C2(C)C. The largest absolute Gasteiger partial charge is 0.302 e. The summed E-state index contributed by atoms with van der Waals surface area (Å²) in [6.45, 7) is 7.06. The second-order valence-corrected chi connectivity index (χ2v) is 15.3. The van der Waals surface area contributed by atoms with E-state index in [4.69, 9.17) is 9.97 Å². The predicted molar refractivity (Wildman–Crippen MR) is 202 cm³/mol. The van der Waals surface area contributed by atoms with Crippen LogP contribution in [0.15, 0.2) is 133 Å². The lowest BCUT2D eigenvalue weighted by Gasteiger charge is -2.27. The number of aromatic nitrogens is 2. The molecule has 0 fully saturated rings. The molecule has 0 radical (unpaired) electrons. The number of hydrogen-bond acceptors (Lipinski definition) is 4. The summed E-state index contributed by atoms with van der Waals surface area (Å²) >= 11 is 1.91. The molecule has 232 valence electrons. The maximum absolute atomic E-state index is 5.43. The zero-order valence-corrected chi connectivity index (χ0v) is 28.1. The van der Waals surface area contributed by atoms with E-state index in [1.807, 2.05) is 11.3 Å². The van der Waals surface area contributed by atoms with Crippen LogP contribution in [0.2, 0.25) is 0 Å². The Labute approximate surface area is 285 Å². The Bertz CT molecular complexity index is 2440. The number of rotatable bonds is 3. The van der Waals surface area contributed by atoms with Crippen LogP contribution >= 0.6 is 11.3 Å². The average Bonchev–Trinajstić information content (AvgIpc) is 3.74. The van der Waals surface area contributed by atoms with Gasteiger partial charge in [0.25, 0.3) is 0 Å². The first-order valence-corrected chi connectivity index (χ1v) is 17.9. The van der Waals surface area contributed by atoms with E-state index in [1.165, 1.54) is 53.7 Å². The summed E-state index contributed by atoms with van der Waals surface area (Å²) in [5.41, 5.74) is 12.4. The minimum atomic E-state index is -0.0502. The zero-order valence-electron chi connectivity index (χ0n) is 27.3. The van der Waals surface area contributed by atoms with E-state index in [1.54, 1.807) is 0 Å². The molecule has 3 nitrogen and oxygen atoms in total. The molecule has 2 aromatic heterocycles. The van der Waals surface area contributed by atoms with Crippen molar-refractivity contribution >= 4 is 48.7 Å². The number of hydrogen-bond donors (Lipinski definition) is 0. The normalized spacial score (nSPS) is 21.6.